The quantitative estimate of drug-likeness (QED) is 0.360. The summed E-state index contributed by atoms with van der Waals surface area (Å²) >= 11 is 0. The maximum absolute atomic E-state index is 13.3. The fourth-order valence-electron chi connectivity index (χ4n) is 4.44. The summed E-state index contributed by atoms with van der Waals surface area (Å²) in [5.74, 6) is -0.402. The zero-order chi connectivity index (χ0) is 24.9. The van der Waals surface area contributed by atoms with E-state index in [0.717, 1.165) is 11.1 Å². The number of hydrogen-bond acceptors (Lipinski definition) is 6. The molecule has 0 saturated carbocycles. The number of aryl methyl sites for hydroxylation is 1. The third-order valence-electron chi connectivity index (χ3n) is 6.51. The Morgan fingerprint density at radius 3 is 2.43 bits per heavy atom. The molecule has 7 nitrogen and oxygen atoms in total. The SMILES string of the molecule is Cc1ccccc1-c1cccc(CCOc2ccc(S(=O)(=O)C3(C(=O)NO)CCOCC3)cc2)c1. The average molecular weight is 496 g/mol. The van der Waals surface area contributed by atoms with Crippen LogP contribution < -0.4 is 10.2 Å². The molecule has 1 amide bonds. The van der Waals surface area contributed by atoms with Crippen LogP contribution in [0.15, 0.2) is 77.7 Å². The van der Waals surface area contributed by atoms with Gasteiger partial charge < -0.3 is 9.47 Å². The number of nitrogens with one attached hydrogen (secondary N) is 1. The molecule has 0 bridgehead atoms. The average Bonchev–Trinajstić information content (AvgIpc) is 2.89. The van der Waals surface area contributed by atoms with Crippen molar-refractivity contribution in [2.24, 2.45) is 0 Å². The van der Waals surface area contributed by atoms with Crippen molar-refractivity contribution in [3.05, 3.63) is 83.9 Å². The molecule has 0 aliphatic carbocycles. The molecule has 0 atom stereocenters. The number of sulfone groups is 1. The van der Waals surface area contributed by atoms with Crippen molar-refractivity contribution in [2.75, 3.05) is 19.8 Å². The number of carbonyl (C=O) groups excluding carboxylic acids is 1. The van der Waals surface area contributed by atoms with Gasteiger partial charge in [-0.1, -0.05) is 48.5 Å². The first-order chi connectivity index (χ1) is 16.9. The van der Waals surface area contributed by atoms with E-state index in [1.54, 1.807) is 12.1 Å². The van der Waals surface area contributed by atoms with Crippen molar-refractivity contribution in [1.82, 2.24) is 5.48 Å². The van der Waals surface area contributed by atoms with Crippen LogP contribution in [0.25, 0.3) is 11.1 Å². The monoisotopic (exact) mass is 495 g/mol. The van der Waals surface area contributed by atoms with Gasteiger partial charge in [0.1, 0.15) is 5.75 Å². The highest BCUT2D eigenvalue weighted by atomic mass is 32.2. The van der Waals surface area contributed by atoms with Gasteiger partial charge in [0.25, 0.3) is 5.91 Å². The van der Waals surface area contributed by atoms with E-state index in [4.69, 9.17) is 14.7 Å². The Hall–Kier alpha value is -3.20. The minimum Gasteiger partial charge on any atom is -0.493 e. The maximum Gasteiger partial charge on any atom is 0.265 e. The molecule has 35 heavy (non-hydrogen) atoms. The van der Waals surface area contributed by atoms with E-state index >= 15 is 0 Å². The number of hydrogen-bond donors (Lipinski definition) is 2. The topological polar surface area (TPSA) is 102 Å². The maximum atomic E-state index is 13.3. The summed E-state index contributed by atoms with van der Waals surface area (Å²) < 4.78 is 36.0. The molecule has 1 aliphatic rings. The molecule has 0 spiro atoms. The molecule has 3 aromatic carbocycles. The number of ether oxygens (including phenoxy) is 2. The van der Waals surface area contributed by atoms with Gasteiger partial charge in [0.15, 0.2) is 14.6 Å². The Balaban J connectivity index is 1.43. The Bertz CT molecular complexity index is 1280. The lowest BCUT2D eigenvalue weighted by atomic mass is 9.98. The van der Waals surface area contributed by atoms with Crippen LogP contribution in [0.4, 0.5) is 0 Å². The van der Waals surface area contributed by atoms with Crippen molar-refractivity contribution < 1.29 is 27.9 Å². The van der Waals surface area contributed by atoms with Crippen LogP contribution in [-0.4, -0.2) is 44.1 Å². The normalized spacial score (nSPS) is 15.4. The zero-order valence-electron chi connectivity index (χ0n) is 19.6. The summed E-state index contributed by atoms with van der Waals surface area (Å²) in [5.41, 5.74) is 6.24. The first kappa shape index (κ1) is 24.9. The van der Waals surface area contributed by atoms with E-state index in [9.17, 15) is 13.2 Å². The number of carbonyl (C=O) groups is 1. The van der Waals surface area contributed by atoms with Crippen LogP contribution in [0.1, 0.15) is 24.0 Å². The molecular weight excluding hydrogens is 466 g/mol. The fraction of sp³-hybridized carbons (Fsp3) is 0.296. The van der Waals surface area contributed by atoms with Crippen LogP contribution in [0.5, 0.6) is 5.75 Å². The Morgan fingerprint density at radius 1 is 1.03 bits per heavy atom. The highest BCUT2D eigenvalue weighted by Gasteiger charge is 2.52. The van der Waals surface area contributed by atoms with Crippen LogP contribution in [0.3, 0.4) is 0 Å². The lowest BCUT2D eigenvalue weighted by molar-refractivity contribution is -0.134. The van der Waals surface area contributed by atoms with Gasteiger partial charge in [-0.15, -0.1) is 0 Å². The lowest BCUT2D eigenvalue weighted by Crippen LogP contribution is -2.54. The summed E-state index contributed by atoms with van der Waals surface area (Å²) in [6.07, 6.45) is 0.642. The molecule has 2 N–H and O–H groups in total. The number of benzene rings is 3. The Morgan fingerprint density at radius 2 is 1.74 bits per heavy atom. The highest BCUT2D eigenvalue weighted by molar-refractivity contribution is 7.93. The van der Waals surface area contributed by atoms with Gasteiger partial charge in [0.05, 0.1) is 11.5 Å². The summed E-state index contributed by atoms with van der Waals surface area (Å²) in [5, 5.41) is 9.17. The van der Waals surface area contributed by atoms with Gasteiger partial charge in [-0.05, 0) is 66.3 Å². The van der Waals surface area contributed by atoms with Crippen molar-refractivity contribution in [2.45, 2.75) is 35.8 Å². The molecule has 4 rings (SSSR count). The van der Waals surface area contributed by atoms with E-state index < -0.39 is 20.5 Å². The van der Waals surface area contributed by atoms with Crippen LogP contribution in [-0.2, 0) is 25.8 Å². The number of amides is 1. The fourth-order valence-corrected chi connectivity index (χ4v) is 6.38. The molecule has 0 radical (unpaired) electrons. The zero-order valence-corrected chi connectivity index (χ0v) is 20.4. The van der Waals surface area contributed by atoms with Crippen molar-refractivity contribution in [1.29, 1.82) is 0 Å². The van der Waals surface area contributed by atoms with E-state index in [1.165, 1.54) is 28.7 Å². The standard InChI is InChI=1S/C27H29NO6S/c1-20-5-2-3-8-25(20)22-7-4-6-21(19-22)13-16-34-23-9-11-24(12-10-23)35(31,32)27(26(29)28-30)14-17-33-18-15-27/h2-12,19,30H,13-18H2,1H3,(H,28,29). The second-order valence-corrected chi connectivity index (χ2v) is 10.9. The van der Waals surface area contributed by atoms with Crippen molar-refractivity contribution in [3.63, 3.8) is 0 Å². The summed E-state index contributed by atoms with van der Waals surface area (Å²) in [7, 11) is -4.06. The molecule has 8 heteroatoms. The molecular formula is C27H29NO6S. The van der Waals surface area contributed by atoms with Gasteiger partial charge in [-0.3, -0.25) is 10.0 Å². The van der Waals surface area contributed by atoms with Crippen LogP contribution in [0.2, 0.25) is 0 Å². The van der Waals surface area contributed by atoms with Gasteiger partial charge in [0.2, 0.25) is 0 Å². The second kappa shape index (κ2) is 10.6. The van der Waals surface area contributed by atoms with Crippen molar-refractivity contribution in [3.8, 4) is 16.9 Å². The number of hydroxylamine groups is 1. The van der Waals surface area contributed by atoms with E-state index in [-0.39, 0.29) is 31.0 Å². The predicted octanol–water partition coefficient (Wildman–Crippen LogP) is 4.11. The minimum absolute atomic E-state index is 0.00119. The summed E-state index contributed by atoms with van der Waals surface area (Å²) in [4.78, 5) is 12.4. The summed E-state index contributed by atoms with van der Waals surface area (Å²) in [6, 6.07) is 22.6. The number of rotatable bonds is 8. The lowest BCUT2D eigenvalue weighted by Gasteiger charge is -2.34. The molecule has 1 aliphatic heterocycles. The van der Waals surface area contributed by atoms with Crippen molar-refractivity contribution >= 4 is 15.7 Å². The molecule has 3 aromatic rings. The van der Waals surface area contributed by atoms with Gasteiger partial charge >= 0.3 is 0 Å². The molecule has 184 valence electrons. The highest BCUT2D eigenvalue weighted by Crippen LogP contribution is 2.35. The molecule has 0 unspecified atom stereocenters. The third kappa shape index (κ3) is 5.10. The minimum atomic E-state index is -4.06. The van der Waals surface area contributed by atoms with Gasteiger partial charge in [-0.2, -0.15) is 0 Å². The first-order valence-corrected chi connectivity index (χ1v) is 13.0. The second-order valence-electron chi connectivity index (χ2n) is 8.64. The predicted molar refractivity (Wildman–Crippen MR) is 132 cm³/mol. The Kier molecular flexibility index (Phi) is 7.54. The van der Waals surface area contributed by atoms with Gasteiger partial charge in [-0.25, -0.2) is 13.9 Å². The Labute approximate surface area is 205 Å². The van der Waals surface area contributed by atoms with Crippen LogP contribution >= 0.6 is 0 Å². The van der Waals surface area contributed by atoms with E-state index in [1.807, 2.05) is 18.2 Å². The van der Waals surface area contributed by atoms with E-state index in [2.05, 4.69) is 37.3 Å². The molecule has 1 heterocycles. The summed E-state index contributed by atoms with van der Waals surface area (Å²) in [6.45, 7) is 2.77. The smallest absolute Gasteiger partial charge is 0.265 e. The van der Waals surface area contributed by atoms with E-state index in [0.29, 0.717) is 18.8 Å². The third-order valence-corrected chi connectivity index (χ3v) is 9.02. The van der Waals surface area contributed by atoms with Gasteiger partial charge in [0, 0.05) is 19.6 Å². The van der Waals surface area contributed by atoms with Crippen LogP contribution in [0, 0.1) is 6.92 Å². The molecule has 1 saturated heterocycles. The molecule has 1 fully saturated rings. The first-order valence-electron chi connectivity index (χ1n) is 11.5. The largest absolute Gasteiger partial charge is 0.493 e. The molecule has 0 aromatic heterocycles.